The Labute approximate surface area is 167 Å². The molecule has 0 spiro atoms. The van der Waals surface area contributed by atoms with Gasteiger partial charge in [-0.15, -0.1) is 0 Å². The van der Waals surface area contributed by atoms with Crippen molar-refractivity contribution in [1.29, 1.82) is 0 Å². The fraction of sp³-hybridized carbons (Fsp3) is 0.278. The standard InChI is InChI=1S/C18H16F5N5O2/c1-27-8-10(15(26-27)17(22)23)18(29)25-13-7-24-28(14(13)3-4-30-2)16-11(20)5-9(19)6-12(16)21/h5-8,17H,3-4H2,1-2H3,(H,25,29). The Kier molecular flexibility index (Phi) is 6.15. The van der Waals surface area contributed by atoms with E-state index in [4.69, 9.17) is 4.74 Å². The van der Waals surface area contributed by atoms with Crippen LogP contribution in [0.5, 0.6) is 0 Å². The summed E-state index contributed by atoms with van der Waals surface area (Å²) < 4.78 is 74.8. The smallest absolute Gasteiger partial charge is 0.282 e. The number of nitrogens with one attached hydrogen (secondary N) is 1. The molecule has 3 aromatic rings. The summed E-state index contributed by atoms with van der Waals surface area (Å²) in [6, 6.07) is 0.978. The SMILES string of the molecule is COCCc1c(NC(=O)c2cn(C)nc2C(F)F)cnn1-c1c(F)cc(F)cc1F. The fourth-order valence-corrected chi connectivity index (χ4v) is 2.88. The van der Waals surface area contributed by atoms with Crippen LogP contribution >= 0.6 is 0 Å². The van der Waals surface area contributed by atoms with Crippen LogP contribution in [0.3, 0.4) is 0 Å². The molecule has 160 valence electrons. The summed E-state index contributed by atoms with van der Waals surface area (Å²) in [5, 5.41) is 9.84. The lowest BCUT2D eigenvalue weighted by Crippen LogP contribution is -2.16. The molecule has 1 amide bonds. The lowest BCUT2D eigenvalue weighted by atomic mass is 10.2. The van der Waals surface area contributed by atoms with Crippen LogP contribution in [0, 0.1) is 17.5 Å². The van der Waals surface area contributed by atoms with Gasteiger partial charge in [-0.05, 0) is 0 Å². The maximum absolute atomic E-state index is 14.2. The number of benzene rings is 1. The number of rotatable bonds is 7. The number of aromatic nitrogens is 4. The molecule has 0 atom stereocenters. The van der Waals surface area contributed by atoms with E-state index in [-0.39, 0.29) is 30.0 Å². The normalized spacial score (nSPS) is 11.3. The Morgan fingerprint density at radius 2 is 1.90 bits per heavy atom. The summed E-state index contributed by atoms with van der Waals surface area (Å²) in [5.74, 6) is -4.43. The Balaban J connectivity index is 2.02. The number of anilines is 1. The Bertz CT molecular complexity index is 1060. The largest absolute Gasteiger partial charge is 0.384 e. The predicted molar refractivity (Wildman–Crippen MR) is 95.1 cm³/mol. The average Bonchev–Trinajstić information content (AvgIpc) is 3.23. The first-order valence-electron chi connectivity index (χ1n) is 8.56. The van der Waals surface area contributed by atoms with E-state index in [0.29, 0.717) is 12.1 Å². The van der Waals surface area contributed by atoms with Crippen molar-refractivity contribution < 1.29 is 31.5 Å². The summed E-state index contributed by atoms with van der Waals surface area (Å²) >= 11 is 0. The van der Waals surface area contributed by atoms with Crippen LogP contribution in [0.15, 0.2) is 24.5 Å². The van der Waals surface area contributed by atoms with Crippen molar-refractivity contribution in [2.45, 2.75) is 12.8 Å². The first-order chi connectivity index (χ1) is 14.2. The van der Waals surface area contributed by atoms with E-state index in [1.807, 2.05) is 0 Å². The zero-order valence-corrected chi connectivity index (χ0v) is 15.8. The molecule has 30 heavy (non-hydrogen) atoms. The maximum Gasteiger partial charge on any atom is 0.282 e. The number of methoxy groups -OCH3 is 1. The number of carbonyl (C=O) groups excluding carboxylic acids is 1. The maximum atomic E-state index is 14.2. The topological polar surface area (TPSA) is 74.0 Å². The van der Waals surface area contributed by atoms with Crippen LogP contribution in [0.2, 0.25) is 0 Å². The Hall–Kier alpha value is -3.28. The first-order valence-corrected chi connectivity index (χ1v) is 8.56. The first kappa shape index (κ1) is 21.4. The minimum Gasteiger partial charge on any atom is -0.384 e. The highest BCUT2D eigenvalue weighted by Gasteiger charge is 2.25. The van der Waals surface area contributed by atoms with Gasteiger partial charge < -0.3 is 10.1 Å². The second kappa shape index (κ2) is 8.61. The van der Waals surface area contributed by atoms with E-state index < -0.39 is 41.2 Å². The summed E-state index contributed by atoms with van der Waals surface area (Å²) in [6.07, 6.45) is -0.708. The second-order valence-corrected chi connectivity index (χ2v) is 6.23. The highest BCUT2D eigenvalue weighted by Crippen LogP contribution is 2.27. The molecular weight excluding hydrogens is 413 g/mol. The summed E-state index contributed by atoms with van der Waals surface area (Å²) in [7, 11) is 2.77. The number of halogens is 5. The summed E-state index contributed by atoms with van der Waals surface area (Å²) in [5.41, 5.74) is -1.59. The number of nitrogens with zero attached hydrogens (tertiary/aromatic N) is 4. The number of hydrogen-bond donors (Lipinski definition) is 1. The quantitative estimate of drug-likeness (QED) is 0.585. The molecule has 0 aliphatic heterocycles. The number of carbonyl (C=O) groups is 1. The summed E-state index contributed by atoms with van der Waals surface area (Å²) in [4.78, 5) is 12.5. The van der Waals surface area contributed by atoms with E-state index in [0.717, 1.165) is 21.8 Å². The van der Waals surface area contributed by atoms with Gasteiger partial charge in [-0.3, -0.25) is 9.48 Å². The van der Waals surface area contributed by atoms with Crippen LogP contribution in [-0.4, -0.2) is 39.2 Å². The number of alkyl halides is 2. The Morgan fingerprint density at radius 3 is 2.50 bits per heavy atom. The number of ether oxygens (including phenoxy) is 1. The van der Waals surface area contributed by atoms with Crippen LogP contribution in [0.25, 0.3) is 5.69 Å². The lowest BCUT2D eigenvalue weighted by Gasteiger charge is -2.12. The third-order valence-corrected chi connectivity index (χ3v) is 4.16. The minimum atomic E-state index is -2.98. The Morgan fingerprint density at radius 1 is 1.23 bits per heavy atom. The third kappa shape index (κ3) is 4.17. The second-order valence-electron chi connectivity index (χ2n) is 6.23. The molecule has 1 aromatic carbocycles. The molecule has 0 bridgehead atoms. The van der Waals surface area contributed by atoms with E-state index in [2.05, 4.69) is 15.5 Å². The minimum absolute atomic E-state index is 0.0178. The van der Waals surface area contributed by atoms with Crippen molar-refractivity contribution in [3.63, 3.8) is 0 Å². The highest BCUT2D eigenvalue weighted by atomic mass is 19.3. The number of amides is 1. The van der Waals surface area contributed by atoms with Crippen molar-refractivity contribution in [2.24, 2.45) is 7.05 Å². The molecule has 0 aliphatic carbocycles. The van der Waals surface area contributed by atoms with Gasteiger partial charge >= 0.3 is 0 Å². The highest BCUT2D eigenvalue weighted by molar-refractivity contribution is 6.05. The molecule has 3 rings (SSSR count). The molecule has 0 unspecified atom stereocenters. The van der Waals surface area contributed by atoms with E-state index >= 15 is 0 Å². The van der Waals surface area contributed by atoms with Crippen molar-refractivity contribution in [2.75, 3.05) is 19.0 Å². The van der Waals surface area contributed by atoms with Gasteiger partial charge in [-0.1, -0.05) is 0 Å². The van der Waals surface area contributed by atoms with Crippen LogP contribution in [0.1, 0.15) is 28.2 Å². The van der Waals surface area contributed by atoms with Gasteiger partial charge in [0.05, 0.1) is 29.7 Å². The van der Waals surface area contributed by atoms with E-state index in [1.54, 1.807) is 0 Å². The van der Waals surface area contributed by atoms with Gasteiger partial charge in [0.25, 0.3) is 12.3 Å². The predicted octanol–water partition coefficient (Wildman–Crippen LogP) is 3.40. The van der Waals surface area contributed by atoms with Crippen LogP contribution in [-0.2, 0) is 18.2 Å². The molecule has 0 fully saturated rings. The zero-order chi connectivity index (χ0) is 22.0. The van der Waals surface area contributed by atoms with Crippen LogP contribution < -0.4 is 5.32 Å². The van der Waals surface area contributed by atoms with Gasteiger partial charge in [0.2, 0.25) is 0 Å². The van der Waals surface area contributed by atoms with Crippen molar-refractivity contribution in [3.8, 4) is 5.69 Å². The zero-order valence-electron chi connectivity index (χ0n) is 15.8. The van der Waals surface area contributed by atoms with Gasteiger partial charge in [-0.25, -0.2) is 26.6 Å². The third-order valence-electron chi connectivity index (χ3n) is 4.16. The molecule has 7 nitrogen and oxygen atoms in total. The molecule has 0 saturated heterocycles. The average molecular weight is 429 g/mol. The molecule has 0 aliphatic rings. The van der Waals surface area contributed by atoms with E-state index in [1.165, 1.54) is 14.2 Å². The monoisotopic (exact) mass is 429 g/mol. The number of aryl methyl sites for hydroxylation is 1. The molecular formula is C18H16F5N5O2. The summed E-state index contributed by atoms with van der Waals surface area (Å²) in [6.45, 7) is 0.0914. The lowest BCUT2D eigenvalue weighted by molar-refractivity contribution is 0.101. The molecule has 0 radical (unpaired) electrons. The van der Waals surface area contributed by atoms with Gasteiger partial charge in [0, 0.05) is 38.9 Å². The molecule has 12 heteroatoms. The fourth-order valence-electron chi connectivity index (χ4n) is 2.88. The van der Waals surface area contributed by atoms with Crippen molar-refractivity contribution in [1.82, 2.24) is 19.6 Å². The van der Waals surface area contributed by atoms with Gasteiger partial charge in [0.15, 0.2) is 11.6 Å². The number of hydrogen-bond acceptors (Lipinski definition) is 4. The molecule has 2 heterocycles. The van der Waals surface area contributed by atoms with Crippen LogP contribution in [0.4, 0.5) is 27.6 Å². The molecule has 1 N–H and O–H groups in total. The van der Waals surface area contributed by atoms with Gasteiger partial charge in [0.1, 0.15) is 17.2 Å². The van der Waals surface area contributed by atoms with Crippen molar-refractivity contribution >= 4 is 11.6 Å². The molecule has 2 aromatic heterocycles. The van der Waals surface area contributed by atoms with Crippen molar-refractivity contribution in [3.05, 3.63) is 58.9 Å². The molecule has 0 saturated carbocycles. The van der Waals surface area contributed by atoms with Gasteiger partial charge in [-0.2, -0.15) is 10.2 Å². The van der Waals surface area contributed by atoms with E-state index in [9.17, 15) is 26.7 Å².